The normalized spacial score (nSPS) is 12.5. The molecule has 0 aliphatic rings. The molecule has 0 aliphatic heterocycles. The molecule has 0 amide bonds. The van der Waals surface area contributed by atoms with Crippen LogP contribution in [-0.4, -0.2) is 43.3 Å². The largest absolute Gasteiger partial charge is 0.508 e. The minimum absolute atomic E-state index is 0.00180. The summed E-state index contributed by atoms with van der Waals surface area (Å²) in [7, 11) is -8.18. The molecule has 15 nitrogen and oxygen atoms in total. The fourth-order valence-electron chi connectivity index (χ4n) is 4.07. The Kier molecular flexibility index (Phi) is 8.83. The number of phenolic OH excluding ortho intramolecular Hbond substituents is 2. The standard InChI is InChI=1S/C29H22N6O9S2/c1-44-28-15-27(35-31-18-4-8-20(37)9-5-18)29(46(41,42)43)16-26(28)34-33-25-13-12-24(32-30-17-2-6-19(36)7-3-17)22-11-10-21(14-23(22)25)45(38,39)40/h2-16,36-37H,1H3,(H,38,39,40)(H,41,42,43). The summed E-state index contributed by atoms with van der Waals surface area (Å²) in [6.07, 6.45) is 0. The van der Waals surface area contributed by atoms with E-state index in [2.05, 4.69) is 30.7 Å². The van der Waals surface area contributed by atoms with Gasteiger partial charge in [0.2, 0.25) is 0 Å². The number of hydrogen-bond donors (Lipinski definition) is 4. The fourth-order valence-corrected chi connectivity index (χ4v) is 5.20. The molecule has 4 N–H and O–H groups in total. The van der Waals surface area contributed by atoms with Crippen LogP contribution in [0.4, 0.5) is 34.1 Å². The molecule has 0 bridgehead atoms. The summed E-state index contributed by atoms with van der Waals surface area (Å²) in [6, 6.07) is 20.4. The number of phenols is 2. The Labute approximate surface area is 261 Å². The predicted molar refractivity (Wildman–Crippen MR) is 165 cm³/mol. The first-order chi connectivity index (χ1) is 21.8. The van der Waals surface area contributed by atoms with Gasteiger partial charge in [-0.1, -0.05) is 6.07 Å². The Bertz CT molecular complexity index is 2260. The van der Waals surface area contributed by atoms with E-state index in [1.807, 2.05) is 0 Å². The summed E-state index contributed by atoms with van der Waals surface area (Å²) in [6.45, 7) is 0. The summed E-state index contributed by atoms with van der Waals surface area (Å²) >= 11 is 0. The van der Waals surface area contributed by atoms with Crippen molar-refractivity contribution >= 4 is 65.1 Å². The second kappa shape index (κ2) is 12.8. The molecule has 46 heavy (non-hydrogen) atoms. The second-order valence-electron chi connectivity index (χ2n) is 9.39. The van der Waals surface area contributed by atoms with E-state index in [0.29, 0.717) is 16.8 Å². The number of azo groups is 3. The van der Waals surface area contributed by atoms with Crippen LogP contribution in [0.1, 0.15) is 0 Å². The molecule has 17 heteroatoms. The smallest absolute Gasteiger partial charge is 0.296 e. The monoisotopic (exact) mass is 662 g/mol. The van der Waals surface area contributed by atoms with Gasteiger partial charge in [0.15, 0.2) is 0 Å². The van der Waals surface area contributed by atoms with Crippen molar-refractivity contribution in [3.63, 3.8) is 0 Å². The van der Waals surface area contributed by atoms with Crippen molar-refractivity contribution in [2.75, 3.05) is 7.11 Å². The molecule has 5 aromatic rings. The molecule has 0 unspecified atom stereocenters. The Morgan fingerprint density at radius 1 is 0.522 bits per heavy atom. The highest BCUT2D eigenvalue weighted by atomic mass is 32.2. The molecular weight excluding hydrogens is 640 g/mol. The average Bonchev–Trinajstić information content (AvgIpc) is 3.02. The molecule has 0 radical (unpaired) electrons. The Morgan fingerprint density at radius 2 is 1.02 bits per heavy atom. The number of aromatic hydroxyl groups is 2. The third-order valence-electron chi connectivity index (χ3n) is 6.29. The van der Waals surface area contributed by atoms with Gasteiger partial charge in [-0.3, -0.25) is 9.11 Å². The molecule has 0 aliphatic carbocycles. The van der Waals surface area contributed by atoms with Gasteiger partial charge in [0.05, 0.1) is 34.8 Å². The molecule has 0 fully saturated rings. The third kappa shape index (κ3) is 7.36. The van der Waals surface area contributed by atoms with Gasteiger partial charge in [0.1, 0.15) is 33.5 Å². The lowest BCUT2D eigenvalue weighted by atomic mass is 10.1. The van der Waals surface area contributed by atoms with Crippen molar-refractivity contribution < 1.29 is 40.9 Å². The lowest BCUT2D eigenvalue weighted by molar-refractivity contribution is 0.415. The van der Waals surface area contributed by atoms with Crippen LogP contribution in [0.3, 0.4) is 0 Å². The highest BCUT2D eigenvalue weighted by Gasteiger charge is 2.21. The molecule has 0 aromatic heterocycles. The molecule has 0 saturated heterocycles. The van der Waals surface area contributed by atoms with Crippen LogP contribution in [0.2, 0.25) is 0 Å². The van der Waals surface area contributed by atoms with Crippen molar-refractivity contribution in [2.24, 2.45) is 30.7 Å². The molecular formula is C29H22N6O9S2. The van der Waals surface area contributed by atoms with Gasteiger partial charge in [0.25, 0.3) is 20.2 Å². The lowest BCUT2D eigenvalue weighted by Gasteiger charge is -2.09. The SMILES string of the molecule is COc1cc(N=Nc2ccc(O)cc2)c(S(=O)(=O)O)cc1N=Nc1ccc(N=Nc2ccc(O)cc2)c2ccc(S(=O)(=O)O)cc12. The van der Waals surface area contributed by atoms with E-state index in [1.165, 1.54) is 86.0 Å². The van der Waals surface area contributed by atoms with Gasteiger partial charge < -0.3 is 14.9 Å². The van der Waals surface area contributed by atoms with Crippen molar-refractivity contribution in [1.29, 1.82) is 0 Å². The van der Waals surface area contributed by atoms with Crippen LogP contribution in [0, 0.1) is 0 Å². The van der Waals surface area contributed by atoms with Gasteiger partial charge in [-0.15, -0.1) is 20.5 Å². The van der Waals surface area contributed by atoms with E-state index >= 15 is 0 Å². The number of hydrogen-bond acceptors (Lipinski definition) is 13. The maximum Gasteiger partial charge on any atom is 0.296 e. The van der Waals surface area contributed by atoms with E-state index in [1.54, 1.807) is 0 Å². The van der Waals surface area contributed by atoms with E-state index in [-0.39, 0.29) is 45.4 Å². The van der Waals surface area contributed by atoms with Crippen LogP contribution in [0.5, 0.6) is 17.2 Å². The van der Waals surface area contributed by atoms with Crippen molar-refractivity contribution in [3.05, 3.63) is 91.0 Å². The zero-order valence-corrected chi connectivity index (χ0v) is 25.1. The van der Waals surface area contributed by atoms with E-state index in [9.17, 15) is 36.2 Å². The molecule has 0 spiro atoms. The Hall–Kier alpha value is -5.62. The van der Waals surface area contributed by atoms with Crippen molar-refractivity contribution in [3.8, 4) is 17.2 Å². The van der Waals surface area contributed by atoms with Crippen molar-refractivity contribution in [1.82, 2.24) is 0 Å². The van der Waals surface area contributed by atoms with Gasteiger partial charge in [0, 0.05) is 16.8 Å². The van der Waals surface area contributed by atoms with Gasteiger partial charge in [-0.25, -0.2) is 0 Å². The maximum atomic E-state index is 12.3. The van der Waals surface area contributed by atoms with E-state index in [4.69, 9.17) is 4.74 Å². The number of nitrogens with zero attached hydrogens (tertiary/aromatic N) is 6. The van der Waals surface area contributed by atoms with Crippen LogP contribution in [-0.2, 0) is 20.2 Å². The first kappa shape index (κ1) is 31.8. The van der Waals surface area contributed by atoms with Crippen LogP contribution in [0.25, 0.3) is 10.8 Å². The number of benzene rings is 5. The zero-order valence-electron chi connectivity index (χ0n) is 23.5. The Morgan fingerprint density at radius 3 is 1.54 bits per heavy atom. The summed E-state index contributed by atoms with van der Waals surface area (Å²) in [5.41, 5.74) is 0.682. The van der Waals surface area contributed by atoms with Crippen LogP contribution in [0.15, 0.2) is 131 Å². The highest BCUT2D eigenvalue weighted by Crippen LogP contribution is 2.41. The predicted octanol–water partition coefficient (Wildman–Crippen LogP) is 8.00. The maximum absolute atomic E-state index is 12.3. The first-order valence-corrected chi connectivity index (χ1v) is 15.8. The third-order valence-corrected chi connectivity index (χ3v) is 8.02. The number of fused-ring (bicyclic) bond motifs is 1. The second-order valence-corrected chi connectivity index (χ2v) is 12.2. The molecule has 5 aromatic carbocycles. The fraction of sp³-hybridized carbons (Fsp3) is 0.0345. The van der Waals surface area contributed by atoms with Gasteiger partial charge in [-0.2, -0.15) is 27.1 Å². The lowest BCUT2D eigenvalue weighted by Crippen LogP contribution is -1.99. The summed E-state index contributed by atoms with van der Waals surface area (Å²) < 4.78 is 73.2. The number of ether oxygens (including phenoxy) is 1. The number of methoxy groups -OCH3 is 1. The molecule has 0 saturated carbocycles. The summed E-state index contributed by atoms with van der Waals surface area (Å²) in [5, 5.41) is 44.0. The van der Waals surface area contributed by atoms with Crippen LogP contribution >= 0.6 is 0 Å². The zero-order chi connectivity index (χ0) is 33.1. The van der Waals surface area contributed by atoms with Crippen molar-refractivity contribution in [2.45, 2.75) is 9.79 Å². The van der Waals surface area contributed by atoms with Crippen LogP contribution < -0.4 is 4.74 Å². The van der Waals surface area contributed by atoms with E-state index in [0.717, 1.165) is 12.1 Å². The van der Waals surface area contributed by atoms with E-state index < -0.39 is 30.0 Å². The minimum atomic E-state index is -4.85. The number of rotatable bonds is 9. The molecule has 0 heterocycles. The topological polar surface area (TPSA) is 233 Å². The highest BCUT2D eigenvalue weighted by molar-refractivity contribution is 7.86. The molecule has 5 rings (SSSR count). The Balaban J connectivity index is 1.59. The summed E-state index contributed by atoms with van der Waals surface area (Å²) in [4.78, 5) is -1.09. The first-order valence-electron chi connectivity index (χ1n) is 12.9. The molecule has 234 valence electrons. The molecule has 0 atom stereocenters. The minimum Gasteiger partial charge on any atom is -0.508 e. The van der Waals surface area contributed by atoms with Gasteiger partial charge in [-0.05, 0) is 78.9 Å². The summed E-state index contributed by atoms with van der Waals surface area (Å²) in [5.74, 6) is 0.0347. The van der Waals surface area contributed by atoms with Gasteiger partial charge >= 0.3 is 0 Å². The quantitative estimate of drug-likeness (QED) is 0.0882. The average molecular weight is 663 g/mol.